The number of amides is 2. The van der Waals surface area contributed by atoms with Crippen LogP contribution < -0.4 is 10.1 Å². The van der Waals surface area contributed by atoms with Crippen LogP contribution in [0.25, 0.3) is 0 Å². The number of ether oxygens (including phenoxy) is 1. The number of hydrogen-bond acceptors (Lipinski definition) is 3. The number of hydrogen-bond donors (Lipinski definition) is 2. The molecule has 5 nitrogen and oxygen atoms in total. The van der Waals surface area contributed by atoms with Gasteiger partial charge in [0.15, 0.2) is 0 Å². The number of urea groups is 1. The number of nitrogens with zero attached hydrogens (tertiary/aromatic N) is 1. The van der Waals surface area contributed by atoms with E-state index in [9.17, 15) is 9.90 Å². The standard InChI is InChI=1S/C21H23ClN2O3/c22-16-7-8-17(19(12-16)27-13-14-4-2-1-3-5-14)23-21(26)24-11-10-15-6-9-18(25)20(15)24/h1-5,7-8,12,15,18,20,25H,6,9-11,13H2,(H,23,26)/t15-,18+,20+/m0/s1. The number of carbonyl (C=O) groups is 1. The second kappa shape index (κ2) is 7.79. The number of aliphatic hydroxyl groups is 1. The van der Waals surface area contributed by atoms with Crippen LogP contribution in [0.3, 0.4) is 0 Å². The van der Waals surface area contributed by atoms with Gasteiger partial charge >= 0.3 is 6.03 Å². The number of benzene rings is 2. The van der Waals surface area contributed by atoms with Crippen molar-refractivity contribution in [2.24, 2.45) is 5.92 Å². The van der Waals surface area contributed by atoms with Gasteiger partial charge in [0, 0.05) is 17.6 Å². The van der Waals surface area contributed by atoms with Crippen molar-refractivity contribution in [2.45, 2.75) is 38.0 Å². The van der Waals surface area contributed by atoms with Crippen LogP contribution in [0.4, 0.5) is 10.5 Å². The quantitative estimate of drug-likeness (QED) is 0.823. The maximum absolute atomic E-state index is 12.8. The van der Waals surface area contributed by atoms with E-state index in [1.165, 1.54) is 0 Å². The molecule has 4 rings (SSSR count). The third-order valence-corrected chi connectivity index (χ3v) is 5.73. The number of likely N-dealkylation sites (tertiary alicyclic amines) is 1. The Morgan fingerprint density at radius 3 is 2.81 bits per heavy atom. The fourth-order valence-electron chi connectivity index (χ4n) is 4.15. The smallest absolute Gasteiger partial charge is 0.322 e. The van der Waals surface area contributed by atoms with Gasteiger partial charge in [0.2, 0.25) is 0 Å². The van der Waals surface area contributed by atoms with Crippen LogP contribution in [0.5, 0.6) is 5.75 Å². The van der Waals surface area contributed by atoms with Crippen LogP contribution in [0.2, 0.25) is 5.02 Å². The first-order valence-electron chi connectivity index (χ1n) is 9.34. The van der Waals surface area contributed by atoms with Crippen LogP contribution >= 0.6 is 11.6 Å². The molecule has 0 radical (unpaired) electrons. The van der Waals surface area contributed by atoms with Crippen molar-refractivity contribution in [3.63, 3.8) is 0 Å². The molecule has 2 N–H and O–H groups in total. The predicted molar refractivity (Wildman–Crippen MR) is 105 cm³/mol. The molecule has 2 fully saturated rings. The van der Waals surface area contributed by atoms with Gasteiger partial charge in [-0.2, -0.15) is 0 Å². The van der Waals surface area contributed by atoms with Crippen LogP contribution in [-0.2, 0) is 6.61 Å². The number of aliphatic hydroxyl groups excluding tert-OH is 1. The molecule has 0 bridgehead atoms. The molecule has 3 atom stereocenters. The molecule has 2 aromatic rings. The van der Waals surface area contributed by atoms with Gasteiger partial charge in [-0.3, -0.25) is 0 Å². The lowest BCUT2D eigenvalue weighted by Crippen LogP contribution is -2.44. The van der Waals surface area contributed by atoms with Gasteiger partial charge in [-0.1, -0.05) is 41.9 Å². The summed E-state index contributed by atoms with van der Waals surface area (Å²) in [6, 6.07) is 14.7. The van der Waals surface area contributed by atoms with E-state index >= 15 is 0 Å². The number of carbonyl (C=O) groups excluding carboxylic acids is 1. The molecular formula is C21H23ClN2O3. The minimum Gasteiger partial charge on any atom is -0.487 e. The summed E-state index contributed by atoms with van der Waals surface area (Å²) >= 11 is 6.12. The van der Waals surface area contributed by atoms with E-state index in [1.807, 2.05) is 30.3 Å². The largest absolute Gasteiger partial charge is 0.487 e. The molecule has 1 aliphatic carbocycles. The van der Waals surface area contributed by atoms with Gasteiger partial charge in [0.25, 0.3) is 0 Å². The number of nitrogens with one attached hydrogen (secondary N) is 1. The molecule has 2 aromatic carbocycles. The summed E-state index contributed by atoms with van der Waals surface area (Å²) < 4.78 is 5.91. The minimum absolute atomic E-state index is 0.0778. The van der Waals surface area contributed by atoms with Crippen molar-refractivity contribution < 1.29 is 14.6 Å². The molecule has 1 heterocycles. The van der Waals surface area contributed by atoms with Crippen LogP contribution in [0, 0.1) is 5.92 Å². The van der Waals surface area contributed by atoms with Crippen molar-refractivity contribution >= 4 is 23.3 Å². The Labute approximate surface area is 163 Å². The third kappa shape index (κ3) is 3.89. The normalized spacial score (nSPS) is 23.9. The van der Waals surface area contributed by atoms with Crippen molar-refractivity contribution in [1.82, 2.24) is 4.90 Å². The van der Waals surface area contributed by atoms with Crippen LogP contribution in [-0.4, -0.2) is 34.7 Å². The van der Waals surface area contributed by atoms with E-state index in [0.717, 1.165) is 24.8 Å². The molecule has 2 amide bonds. The van der Waals surface area contributed by atoms with Gasteiger partial charge in [-0.25, -0.2) is 4.79 Å². The fraction of sp³-hybridized carbons (Fsp3) is 0.381. The van der Waals surface area contributed by atoms with Gasteiger partial charge < -0.3 is 20.1 Å². The molecular weight excluding hydrogens is 364 g/mol. The summed E-state index contributed by atoms with van der Waals surface area (Å²) in [6.45, 7) is 1.06. The molecule has 1 saturated heterocycles. The average molecular weight is 387 g/mol. The second-order valence-corrected chi connectivity index (χ2v) is 7.66. The van der Waals surface area contributed by atoms with E-state index in [2.05, 4.69) is 5.32 Å². The number of anilines is 1. The average Bonchev–Trinajstić information content (AvgIpc) is 3.26. The SMILES string of the molecule is O=C(Nc1ccc(Cl)cc1OCc1ccccc1)N1CC[C@@H]2CC[C@@H](O)[C@@H]21. The molecule has 6 heteroatoms. The Hall–Kier alpha value is -2.24. The molecule has 1 saturated carbocycles. The number of halogens is 1. The highest BCUT2D eigenvalue weighted by Gasteiger charge is 2.45. The maximum Gasteiger partial charge on any atom is 0.322 e. The lowest BCUT2D eigenvalue weighted by atomic mass is 10.0. The minimum atomic E-state index is -0.428. The number of rotatable bonds is 4. The van der Waals surface area contributed by atoms with Crippen molar-refractivity contribution in [2.75, 3.05) is 11.9 Å². The summed E-state index contributed by atoms with van der Waals surface area (Å²) in [4.78, 5) is 14.6. The fourth-order valence-corrected chi connectivity index (χ4v) is 4.31. The molecule has 1 aliphatic heterocycles. The van der Waals surface area contributed by atoms with Crippen molar-refractivity contribution in [3.8, 4) is 5.75 Å². The summed E-state index contributed by atoms with van der Waals surface area (Å²) in [5.41, 5.74) is 1.61. The highest BCUT2D eigenvalue weighted by atomic mass is 35.5. The molecule has 142 valence electrons. The van der Waals surface area contributed by atoms with Gasteiger partial charge in [0.05, 0.1) is 17.8 Å². The zero-order valence-corrected chi connectivity index (χ0v) is 15.7. The summed E-state index contributed by atoms with van der Waals surface area (Å²) in [7, 11) is 0. The highest BCUT2D eigenvalue weighted by molar-refractivity contribution is 6.30. The maximum atomic E-state index is 12.8. The summed E-state index contributed by atoms with van der Waals surface area (Å²) in [5, 5.41) is 13.7. The topological polar surface area (TPSA) is 61.8 Å². The second-order valence-electron chi connectivity index (χ2n) is 7.22. The molecule has 0 aromatic heterocycles. The van der Waals surface area contributed by atoms with Crippen LogP contribution in [0.15, 0.2) is 48.5 Å². The van der Waals surface area contributed by atoms with Gasteiger partial charge in [-0.15, -0.1) is 0 Å². The summed E-state index contributed by atoms with van der Waals surface area (Å²) in [6.07, 6.45) is 2.28. The van der Waals surface area contributed by atoms with Crippen LogP contribution in [0.1, 0.15) is 24.8 Å². The first-order chi connectivity index (χ1) is 13.1. The summed E-state index contributed by atoms with van der Waals surface area (Å²) in [5.74, 6) is 0.937. The van der Waals surface area contributed by atoms with E-state index in [-0.39, 0.29) is 12.1 Å². The Morgan fingerprint density at radius 2 is 2.00 bits per heavy atom. The Morgan fingerprint density at radius 1 is 1.19 bits per heavy atom. The lowest BCUT2D eigenvalue weighted by Gasteiger charge is -2.27. The Balaban J connectivity index is 1.47. The van der Waals surface area contributed by atoms with E-state index < -0.39 is 6.10 Å². The van der Waals surface area contributed by atoms with E-state index in [1.54, 1.807) is 23.1 Å². The predicted octanol–water partition coefficient (Wildman–Crippen LogP) is 4.30. The highest BCUT2D eigenvalue weighted by Crippen LogP contribution is 2.38. The van der Waals surface area contributed by atoms with Crippen molar-refractivity contribution in [1.29, 1.82) is 0 Å². The van der Waals surface area contributed by atoms with E-state index in [0.29, 0.717) is 35.5 Å². The molecule has 0 unspecified atom stereocenters. The molecule has 27 heavy (non-hydrogen) atoms. The van der Waals surface area contributed by atoms with Gasteiger partial charge in [-0.05, 0) is 42.9 Å². The molecule has 2 aliphatic rings. The third-order valence-electron chi connectivity index (χ3n) is 5.49. The monoisotopic (exact) mass is 386 g/mol. The number of fused-ring (bicyclic) bond motifs is 1. The molecule has 0 spiro atoms. The van der Waals surface area contributed by atoms with E-state index in [4.69, 9.17) is 16.3 Å². The first-order valence-corrected chi connectivity index (χ1v) is 9.71. The lowest BCUT2D eigenvalue weighted by molar-refractivity contribution is 0.101. The zero-order chi connectivity index (χ0) is 18.8. The van der Waals surface area contributed by atoms with Crippen molar-refractivity contribution in [3.05, 3.63) is 59.1 Å². The van der Waals surface area contributed by atoms with Gasteiger partial charge in [0.1, 0.15) is 12.4 Å². The first kappa shape index (κ1) is 18.1. The Bertz CT molecular complexity index is 814. The zero-order valence-electron chi connectivity index (χ0n) is 15.0. The Kier molecular flexibility index (Phi) is 5.23.